The van der Waals surface area contributed by atoms with Gasteiger partial charge in [-0.3, -0.25) is 4.79 Å². The molecule has 2 atom stereocenters. The number of nitrogens with one attached hydrogen (secondary N) is 1. The van der Waals surface area contributed by atoms with E-state index >= 15 is 4.39 Å². The van der Waals surface area contributed by atoms with Crippen molar-refractivity contribution in [3.8, 4) is 11.4 Å². The molecule has 35 heavy (non-hydrogen) atoms. The smallest absolute Gasteiger partial charge is 0.295 e. The van der Waals surface area contributed by atoms with Gasteiger partial charge in [0.2, 0.25) is 0 Å². The van der Waals surface area contributed by atoms with E-state index in [1.54, 1.807) is 47.6 Å². The molecule has 4 aromatic rings. The molecule has 1 aliphatic heterocycles. The number of carbonyl (C=O) groups excluding carboxylic acids is 1. The van der Waals surface area contributed by atoms with Crippen LogP contribution in [0.1, 0.15) is 35.7 Å². The first kappa shape index (κ1) is 23.2. The van der Waals surface area contributed by atoms with Crippen LogP contribution in [-0.4, -0.2) is 44.9 Å². The maximum absolute atomic E-state index is 15.2. The first-order chi connectivity index (χ1) is 16.9. The Balaban J connectivity index is 1.45. The van der Waals surface area contributed by atoms with Crippen molar-refractivity contribution < 1.29 is 13.6 Å². The molecular formula is C26H25ClFN5O2. The molecule has 7 nitrogen and oxygen atoms in total. The van der Waals surface area contributed by atoms with Gasteiger partial charge >= 0.3 is 0 Å². The van der Waals surface area contributed by atoms with Crippen molar-refractivity contribution in [2.45, 2.75) is 32.7 Å². The summed E-state index contributed by atoms with van der Waals surface area (Å²) in [4.78, 5) is 28.6. The molecule has 0 saturated carbocycles. The minimum atomic E-state index is -0.580. The summed E-state index contributed by atoms with van der Waals surface area (Å²) in [5, 5.41) is 3.81. The van der Waals surface area contributed by atoms with Crippen molar-refractivity contribution in [2.24, 2.45) is 5.92 Å². The monoisotopic (exact) mass is 493 g/mol. The van der Waals surface area contributed by atoms with Gasteiger partial charge in [0.25, 0.3) is 11.9 Å². The van der Waals surface area contributed by atoms with Crippen LogP contribution in [0.25, 0.3) is 22.5 Å². The number of oxazole rings is 1. The molecule has 1 aliphatic rings. The van der Waals surface area contributed by atoms with Crippen molar-refractivity contribution >= 4 is 34.6 Å². The van der Waals surface area contributed by atoms with Gasteiger partial charge in [0, 0.05) is 36.1 Å². The molecular weight excluding hydrogens is 469 g/mol. The zero-order chi connectivity index (χ0) is 24.5. The van der Waals surface area contributed by atoms with E-state index in [0.717, 1.165) is 18.4 Å². The Hall–Kier alpha value is -3.52. The van der Waals surface area contributed by atoms with Gasteiger partial charge in [-0.05, 0) is 61.6 Å². The zero-order valence-electron chi connectivity index (χ0n) is 19.5. The third-order valence-corrected chi connectivity index (χ3v) is 6.79. The summed E-state index contributed by atoms with van der Waals surface area (Å²) in [5.41, 5.74) is 2.45. The Morgan fingerprint density at radius 2 is 2.06 bits per heavy atom. The molecule has 1 saturated heterocycles. The zero-order valence-corrected chi connectivity index (χ0v) is 20.2. The lowest BCUT2D eigenvalue weighted by atomic mass is 9.89. The second kappa shape index (κ2) is 9.62. The van der Waals surface area contributed by atoms with E-state index in [1.165, 1.54) is 6.07 Å². The predicted molar refractivity (Wildman–Crippen MR) is 133 cm³/mol. The fourth-order valence-corrected chi connectivity index (χ4v) is 4.90. The number of aromatic nitrogens is 3. The van der Waals surface area contributed by atoms with Gasteiger partial charge in [-0.1, -0.05) is 24.6 Å². The molecule has 1 fully saturated rings. The van der Waals surface area contributed by atoms with Gasteiger partial charge in [-0.2, -0.15) is 4.98 Å². The van der Waals surface area contributed by atoms with E-state index < -0.39 is 5.82 Å². The number of piperidine rings is 1. The molecule has 180 valence electrons. The number of likely N-dealkylation sites (tertiary alicyclic amines) is 1. The Bertz CT molecular complexity index is 1380. The molecule has 3 heterocycles. The van der Waals surface area contributed by atoms with Gasteiger partial charge < -0.3 is 14.6 Å². The summed E-state index contributed by atoms with van der Waals surface area (Å²) >= 11 is 6.05. The standard InChI is InChI=1S/C26H25ClFN5O2/c1-15-5-3-12-33(20(15)14-31-26-32-19-13-17(27)7-9-21(19)35-26)25(34)23-18(28)8-6-16(2)22(23)24-29-10-4-11-30-24/h4,6-11,13,15,20H,3,5,12,14H2,1-2H3,(H,31,32)/t15-,20-/m1/s1. The van der Waals surface area contributed by atoms with Crippen molar-refractivity contribution in [1.29, 1.82) is 0 Å². The van der Waals surface area contributed by atoms with Crippen LogP contribution >= 0.6 is 11.6 Å². The Kier molecular flexibility index (Phi) is 6.38. The third kappa shape index (κ3) is 4.58. The molecule has 0 spiro atoms. The van der Waals surface area contributed by atoms with Crippen LogP contribution in [0.2, 0.25) is 5.02 Å². The largest absolute Gasteiger partial charge is 0.424 e. The number of hydrogen-bond acceptors (Lipinski definition) is 6. The molecule has 0 aliphatic carbocycles. The maximum Gasteiger partial charge on any atom is 0.295 e. The van der Waals surface area contributed by atoms with Crippen LogP contribution < -0.4 is 5.32 Å². The van der Waals surface area contributed by atoms with E-state index in [-0.39, 0.29) is 23.4 Å². The summed E-state index contributed by atoms with van der Waals surface area (Å²) in [6.45, 7) is 4.88. The number of benzene rings is 2. The third-order valence-electron chi connectivity index (χ3n) is 6.55. The van der Waals surface area contributed by atoms with Crippen molar-refractivity contribution in [3.63, 3.8) is 0 Å². The molecule has 2 aromatic carbocycles. The van der Waals surface area contributed by atoms with Crippen molar-refractivity contribution in [1.82, 2.24) is 19.9 Å². The average Bonchev–Trinajstić information content (AvgIpc) is 3.26. The van der Waals surface area contributed by atoms with Gasteiger partial charge in [0.1, 0.15) is 11.3 Å². The number of hydrogen-bond donors (Lipinski definition) is 1. The van der Waals surface area contributed by atoms with Gasteiger partial charge in [0.15, 0.2) is 11.4 Å². The van der Waals surface area contributed by atoms with E-state index in [2.05, 4.69) is 27.2 Å². The highest BCUT2D eigenvalue weighted by atomic mass is 35.5. The first-order valence-electron chi connectivity index (χ1n) is 11.6. The van der Waals surface area contributed by atoms with Crippen LogP contribution in [0.4, 0.5) is 10.4 Å². The van der Waals surface area contributed by atoms with Gasteiger partial charge in [-0.15, -0.1) is 0 Å². The Morgan fingerprint density at radius 3 is 2.86 bits per heavy atom. The number of halogens is 2. The second-order valence-electron chi connectivity index (χ2n) is 8.88. The fraction of sp³-hybridized carbons (Fsp3) is 0.308. The van der Waals surface area contributed by atoms with Gasteiger partial charge in [0.05, 0.1) is 11.6 Å². The van der Waals surface area contributed by atoms with E-state index in [0.29, 0.717) is 46.6 Å². The molecule has 0 radical (unpaired) electrons. The van der Waals surface area contributed by atoms with Crippen LogP contribution in [0.5, 0.6) is 0 Å². The number of carbonyl (C=O) groups is 1. The van der Waals surface area contributed by atoms with Crippen LogP contribution in [-0.2, 0) is 0 Å². The lowest BCUT2D eigenvalue weighted by Crippen LogP contribution is -2.51. The van der Waals surface area contributed by atoms with Gasteiger partial charge in [-0.25, -0.2) is 14.4 Å². The molecule has 9 heteroatoms. The predicted octanol–water partition coefficient (Wildman–Crippen LogP) is 5.74. The summed E-state index contributed by atoms with van der Waals surface area (Å²) in [5.74, 6) is -0.416. The Morgan fingerprint density at radius 1 is 1.26 bits per heavy atom. The number of anilines is 1. The lowest BCUT2D eigenvalue weighted by Gasteiger charge is -2.40. The molecule has 5 rings (SSSR count). The lowest BCUT2D eigenvalue weighted by molar-refractivity contribution is 0.0535. The molecule has 0 unspecified atom stereocenters. The van der Waals surface area contributed by atoms with Crippen LogP contribution in [0.15, 0.2) is 53.2 Å². The number of fused-ring (bicyclic) bond motifs is 1. The normalized spacial score (nSPS) is 18.1. The number of nitrogens with zero attached hydrogens (tertiary/aromatic N) is 4. The number of aryl methyl sites for hydroxylation is 1. The van der Waals surface area contributed by atoms with Crippen molar-refractivity contribution in [3.05, 3.63) is 70.8 Å². The average molecular weight is 494 g/mol. The highest BCUT2D eigenvalue weighted by molar-refractivity contribution is 6.31. The highest BCUT2D eigenvalue weighted by Crippen LogP contribution is 2.32. The molecule has 1 amide bonds. The van der Waals surface area contributed by atoms with E-state index in [9.17, 15) is 4.79 Å². The molecule has 0 bridgehead atoms. The summed E-state index contributed by atoms with van der Waals surface area (Å²) < 4.78 is 21.0. The van der Waals surface area contributed by atoms with Crippen LogP contribution in [0.3, 0.4) is 0 Å². The second-order valence-corrected chi connectivity index (χ2v) is 9.32. The van der Waals surface area contributed by atoms with E-state index in [1.807, 2.05) is 6.92 Å². The number of amides is 1. The maximum atomic E-state index is 15.2. The SMILES string of the molecule is Cc1ccc(F)c(C(=O)N2CCC[C@@H](C)[C@H]2CNc2nc3cc(Cl)ccc3o2)c1-c1ncccn1. The fourth-order valence-electron chi connectivity index (χ4n) is 4.73. The first-order valence-corrected chi connectivity index (χ1v) is 12.0. The topological polar surface area (TPSA) is 84.2 Å². The summed E-state index contributed by atoms with van der Waals surface area (Å²) in [7, 11) is 0. The highest BCUT2D eigenvalue weighted by Gasteiger charge is 2.35. The van der Waals surface area contributed by atoms with Crippen LogP contribution in [0, 0.1) is 18.7 Å². The quantitative estimate of drug-likeness (QED) is 0.381. The number of rotatable bonds is 5. The summed E-state index contributed by atoms with van der Waals surface area (Å²) in [6, 6.07) is 10.1. The molecule has 2 aromatic heterocycles. The van der Waals surface area contributed by atoms with Crippen molar-refractivity contribution in [2.75, 3.05) is 18.4 Å². The Labute approximate surface area is 207 Å². The molecule has 1 N–H and O–H groups in total. The summed E-state index contributed by atoms with van der Waals surface area (Å²) in [6.07, 6.45) is 4.98. The minimum absolute atomic E-state index is 0.00630. The van der Waals surface area contributed by atoms with E-state index in [4.69, 9.17) is 16.0 Å². The minimum Gasteiger partial charge on any atom is -0.424 e.